The number of allylic oxidation sites excluding steroid dienone is 2. The molecule has 0 spiro atoms. The van der Waals surface area contributed by atoms with Gasteiger partial charge in [-0.2, -0.15) is 9.97 Å². The van der Waals surface area contributed by atoms with Crippen molar-refractivity contribution in [3.63, 3.8) is 0 Å². The molecule has 0 radical (unpaired) electrons. The minimum Gasteiger partial charge on any atom is -0.481 e. The van der Waals surface area contributed by atoms with Crippen LogP contribution in [-0.4, -0.2) is 41.2 Å². The van der Waals surface area contributed by atoms with Gasteiger partial charge in [0, 0.05) is 0 Å². The van der Waals surface area contributed by atoms with Gasteiger partial charge in [0.25, 0.3) is 0 Å². The highest BCUT2D eigenvalue weighted by Gasteiger charge is 2.34. The van der Waals surface area contributed by atoms with Crippen LogP contribution in [0.4, 0.5) is 0 Å². The molecule has 1 aliphatic rings. The Labute approximate surface area is 122 Å². The third-order valence-corrected chi connectivity index (χ3v) is 3.13. The standard InChI is InChI=1S/C14H17N3O4/c1-14(7-5-4-6-10(14)9-15-18)21-13-16-11(19-2)8-12(17-13)20-3/h4-10,18H,1-3H3. The van der Waals surface area contributed by atoms with Crippen LogP contribution >= 0.6 is 0 Å². The maximum absolute atomic E-state index is 8.77. The first kappa shape index (κ1) is 14.8. The summed E-state index contributed by atoms with van der Waals surface area (Å²) in [5.41, 5.74) is -0.779. The van der Waals surface area contributed by atoms with Gasteiger partial charge in [0.15, 0.2) is 0 Å². The molecule has 0 fully saturated rings. The molecule has 0 saturated heterocycles. The molecule has 2 rings (SSSR count). The Kier molecular flexibility index (Phi) is 4.42. The first-order valence-corrected chi connectivity index (χ1v) is 6.31. The number of aromatic nitrogens is 2. The Hall–Kier alpha value is -2.57. The van der Waals surface area contributed by atoms with E-state index in [-0.39, 0.29) is 11.9 Å². The molecule has 0 bridgehead atoms. The molecule has 1 aliphatic carbocycles. The van der Waals surface area contributed by atoms with Gasteiger partial charge in [0.1, 0.15) is 5.60 Å². The molecule has 1 aromatic rings. The van der Waals surface area contributed by atoms with Gasteiger partial charge in [-0.3, -0.25) is 0 Å². The van der Waals surface area contributed by atoms with Crippen LogP contribution in [0.3, 0.4) is 0 Å². The highest BCUT2D eigenvalue weighted by atomic mass is 16.5. The van der Waals surface area contributed by atoms with Crippen LogP contribution in [0.5, 0.6) is 17.8 Å². The number of oxime groups is 1. The predicted molar refractivity (Wildman–Crippen MR) is 76.2 cm³/mol. The Balaban J connectivity index is 2.31. The third-order valence-electron chi connectivity index (χ3n) is 3.13. The van der Waals surface area contributed by atoms with Gasteiger partial charge in [0.05, 0.1) is 32.4 Å². The van der Waals surface area contributed by atoms with Crippen LogP contribution in [0.2, 0.25) is 0 Å². The molecule has 1 aromatic heterocycles. The van der Waals surface area contributed by atoms with Crippen molar-refractivity contribution in [2.45, 2.75) is 12.5 Å². The van der Waals surface area contributed by atoms with E-state index in [1.807, 2.05) is 31.2 Å². The molecular weight excluding hydrogens is 274 g/mol. The minimum absolute atomic E-state index is 0.116. The van der Waals surface area contributed by atoms with Crippen molar-refractivity contribution in [3.05, 3.63) is 30.4 Å². The molecule has 1 heterocycles. The van der Waals surface area contributed by atoms with Crippen LogP contribution < -0.4 is 14.2 Å². The number of hydrogen-bond acceptors (Lipinski definition) is 7. The molecule has 0 aromatic carbocycles. The van der Waals surface area contributed by atoms with Crippen LogP contribution in [-0.2, 0) is 0 Å². The van der Waals surface area contributed by atoms with Crippen molar-refractivity contribution in [1.82, 2.24) is 9.97 Å². The second-order valence-electron chi connectivity index (χ2n) is 4.56. The van der Waals surface area contributed by atoms with E-state index in [1.165, 1.54) is 20.4 Å². The van der Waals surface area contributed by atoms with Crippen LogP contribution in [0.1, 0.15) is 6.92 Å². The average molecular weight is 291 g/mol. The van der Waals surface area contributed by atoms with E-state index in [1.54, 1.807) is 6.07 Å². The van der Waals surface area contributed by atoms with Crippen molar-refractivity contribution in [1.29, 1.82) is 0 Å². The molecule has 2 unspecified atom stereocenters. The molecule has 2 atom stereocenters. The number of methoxy groups -OCH3 is 2. The lowest BCUT2D eigenvalue weighted by molar-refractivity contribution is 0.104. The zero-order valence-corrected chi connectivity index (χ0v) is 12.1. The number of ether oxygens (including phenoxy) is 3. The summed E-state index contributed by atoms with van der Waals surface area (Å²) in [6.07, 6.45) is 8.78. The second kappa shape index (κ2) is 6.25. The summed E-state index contributed by atoms with van der Waals surface area (Å²) in [7, 11) is 3.00. The molecule has 7 nitrogen and oxygen atoms in total. The van der Waals surface area contributed by atoms with Crippen molar-refractivity contribution < 1.29 is 19.4 Å². The summed E-state index contributed by atoms with van der Waals surface area (Å²) < 4.78 is 16.0. The SMILES string of the molecule is COc1cc(OC)nc(OC2(C)C=CC=CC2C=NO)n1. The minimum atomic E-state index is -0.779. The molecule has 21 heavy (non-hydrogen) atoms. The van der Waals surface area contributed by atoms with Crippen LogP contribution in [0.15, 0.2) is 35.5 Å². The fourth-order valence-corrected chi connectivity index (χ4v) is 1.94. The molecule has 0 amide bonds. The molecule has 7 heteroatoms. The highest BCUT2D eigenvalue weighted by Crippen LogP contribution is 2.29. The van der Waals surface area contributed by atoms with Gasteiger partial charge in [-0.1, -0.05) is 18.2 Å². The quantitative estimate of drug-likeness (QED) is 0.506. The summed E-state index contributed by atoms with van der Waals surface area (Å²) in [4.78, 5) is 8.27. The van der Waals surface area contributed by atoms with E-state index in [9.17, 15) is 0 Å². The predicted octanol–water partition coefficient (Wildman–Crippen LogP) is 1.83. The van der Waals surface area contributed by atoms with Crippen LogP contribution in [0, 0.1) is 5.92 Å². The van der Waals surface area contributed by atoms with Crippen LogP contribution in [0.25, 0.3) is 0 Å². The lowest BCUT2D eigenvalue weighted by atomic mass is 9.86. The highest BCUT2D eigenvalue weighted by molar-refractivity contribution is 5.66. The van der Waals surface area contributed by atoms with E-state index < -0.39 is 5.60 Å². The lowest BCUT2D eigenvalue weighted by Crippen LogP contribution is -2.40. The Morgan fingerprint density at radius 2 is 1.90 bits per heavy atom. The van der Waals surface area contributed by atoms with E-state index in [2.05, 4.69) is 15.1 Å². The monoisotopic (exact) mass is 291 g/mol. The van der Waals surface area contributed by atoms with Crippen molar-refractivity contribution in [2.75, 3.05) is 14.2 Å². The molecule has 1 N–H and O–H groups in total. The average Bonchev–Trinajstić information content (AvgIpc) is 2.49. The van der Waals surface area contributed by atoms with Gasteiger partial charge in [-0.25, -0.2) is 0 Å². The number of hydrogen-bond donors (Lipinski definition) is 1. The van der Waals surface area contributed by atoms with Gasteiger partial charge < -0.3 is 19.4 Å². The van der Waals surface area contributed by atoms with Gasteiger partial charge in [0.2, 0.25) is 11.8 Å². The first-order chi connectivity index (χ1) is 10.1. The van der Waals surface area contributed by atoms with Gasteiger partial charge >= 0.3 is 6.01 Å². The summed E-state index contributed by atoms with van der Waals surface area (Å²) in [6, 6.07) is 1.67. The Morgan fingerprint density at radius 1 is 1.24 bits per heavy atom. The third kappa shape index (κ3) is 3.31. The van der Waals surface area contributed by atoms with Gasteiger partial charge in [-0.15, -0.1) is 5.16 Å². The van der Waals surface area contributed by atoms with E-state index in [0.29, 0.717) is 11.8 Å². The summed E-state index contributed by atoms with van der Waals surface area (Å²) >= 11 is 0. The van der Waals surface area contributed by atoms with Crippen molar-refractivity contribution >= 4 is 6.21 Å². The molecule has 112 valence electrons. The zero-order chi connectivity index (χ0) is 15.3. The molecule has 0 saturated carbocycles. The number of rotatable bonds is 5. The molecular formula is C14H17N3O4. The van der Waals surface area contributed by atoms with Gasteiger partial charge in [-0.05, 0) is 13.0 Å². The zero-order valence-electron chi connectivity index (χ0n) is 12.1. The van der Waals surface area contributed by atoms with Crippen molar-refractivity contribution in [3.8, 4) is 17.8 Å². The number of nitrogens with zero attached hydrogens (tertiary/aromatic N) is 3. The maximum atomic E-state index is 8.77. The van der Waals surface area contributed by atoms with E-state index in [4.69, 9.17) is 19.4 Å². The first-order valence-electron chi connectivity index (χ1n) is 6.31. The Morgan fingerprint density at radius 3 is 2.48 bits per heavy atom. The summed E-state index contributed by atoms with van der Waals surface area (Å²) in [5, 5.41) is 11.8. The smallest absolute Gasteiger partial charge is 0.323 e. The van der Waals surface area contributed by atoms with Crippen molar-refractivity contribution in [2.24, 2.45) is 11.1 Å². The maximum Gasteiger partial charge on any atom is 0.323 e. The normalized spacial score (nSPS) is 24.2. The topological polar surface area (TPSA) is 86.1 Å². The fraction of sp³-hybridized carbons (Fsp3) is 0.357. The summed E-state index contributed by atoms with van der Waals surface area (Å²) in [5.74, 6) is 0.416. The molecule has 0 aliphatic heterocycles. The lowest BCUT2D eigenvalue weighted by Gasteiger charge is -2.32. The fourth-order valence-electron chi connectivity index (χ4n) is 1.94. The van der Waals surface area contributed by atoms with E-state index >= 15 is 0 Å². The second-order valence-corrected chi connectivity index (χ2v) is 4.56. The van der Waals surface area contributed by atoms with E-state index in [0.717, 1.165) is 0 Å². The largest absolute Gasteiger partial charge is 0.481 e. The Bertz CT molecular complexity index is 563. The summed E-state index contributed by atoms with van der Waals surface area (Å²) in [6.45, 7) is 1.84.